The second kappa shape index (κ2) is 8.87. The summed E-state index contributed by atoms with van der Waals surface area (Å²) >= 11 is 6.61. The SMILES string of the molecule is NC(=O)C1C(=O)[C@@]2(O)C(O)=C3C(=O)c4c(O)ccc(/C=C(\Cl)C5=CCCCC5)c4C[C@H]3C[C@H]2CC1O. The number of Topliss-reactive ketones (excluding diaryl/α,β-unsaturated/α-hetero) is 2. The van der Waals surface area contributed by atoms with Crippen molar-refractivity contribution in [1.82, 2.24) is 0 Å². The van der Waals surface area contributed by atoms with E-state index in [0.717, 1.165) is 31.3 Å². The molecule has 4 aliphatic carbocycles. The summed E-state index contributed by atoms with van der Waals surface area (Å²) in [5.74, 6) is -7.21. The number of aliphatic hydroxyl groups is 3. The summed E-state index contributed by atoms with van der Waals surface area (Å²) in [5.41, 5.74) is 4.86. The van der Waals surface area contributed by atoms with Crippen molar-refractivity contribution in [2.45, 2.75) is 56.7 Å². The van der Waals surface area contributed by atoms with Gasteiger partial charge in [-0.3, -0.25) is 14.4 Å². The van der Waals surface area contributed by atoms with Crippen LogP contribution in [0.3, 0.4) is 0 Å². The number of phenolic OH excluding ortho intramolecular Hbond substituents is 1. The minimum atomic E-state index is -2.51. The number of carbonyl (C=O) groups is 3. The predicted octanol–water partition coefficient (Wildman–Crippen LogP) is 2.83. The first-order valence-electron chi connectivity index (χ1n) is 12.2. The molecule has 1 amide bonds. The zero-order valence-corrected chi connectivity index (χ0v) is 20.3. The number of rotatable bonds is 3. The van der Waals surface area contributed by atoms with Gasteiger partial charge >= 0.3 is 0 Å². The summed E-state index contributed by atoms with van der Waals surface area (Å²) in [6.07, 6.45) is 6.68. The summed E-state index contributed by atoms with van der Waals surface area (Å²) in [4.78, 5) is 38.5. The molecule has 5 rings (SSSR count). The van der Waals surface area contributed by atoms with Crippen molar-refractivity contribution >= 4 is 35.2 Å². The maximum Gasteiger partial charge on any atom is 0.230 e. The maximum atomic E-state index is 13.6. The highest BCUT2D eigenvalue weighted by Crippen LogP contribution is 2.52. The summed E-state index contributed by atoms with van der Waals surface area (Å²) in [6.45, 7) is 0. The van der Waals surface area contributed by atoms with Gasteiger partial charge in [0.15, 0.2) is 17.2 Å². The van der Waals surface area contributed by atoms with Gasteiger partial charge in [-0.2, -0.15) is 0 Å². The Morgan fingerprint density at radius 1 is 1.17 bits per heavy atom. The molecule has 0 aromatic heterocycles. The zero-order valence-electron chi connectivity index (χ0n) is 19.5. The highest BCUT2D eigenvalue weighted by atomic mass is 35.5. The quantitative estimate of drug-likeness (QED) is 0.389. The van der Waals surface area contributed by atoms with Crippen molar-refractivity contribution < 1.29 is 34.8 Å². The van der Waals surface area contributed by atoms with Gasteiger partial charge in [0.1, 0.15) is 17.4 Å². The van der Waals surface area contributed by atoms with Crippen LogP contribution in [0.15, 0.2) is 40.1 Å². The number of amides is 1. The smallest absolute Gasteiger partial charge is 0.230 e. The van der Waals surface area contributed by atoms with E-state index in [1.807, 2.05) is 0 Å². The Bertz CT molecular complexity index is 1280. The molecule has 0 radical (unpaired) electrons. The van der Waals surface area contributed by atoms with Crippen molar-refractivity contribution in [3.8, 4) is 5.75 Å². The number of aromatic hydroxyl groups is 1. The summed E-state index contributed by atoms with van der Waals surface area (Å²) in [7, 11) is 0. The van der Waals surface area contributed by atoms with Crippen LogP contribution in [0.5, 0.6) is 5.75 Å². The van der Waals surface area contributed by atoms with Crippen LogP contribution < -0.4 is 5.73 Å². The highest BCUT2D eigenvalue weighted by molar-refractivity contribution is 6.34. The molecule has 4 aliphatic rings. The third-order valence-electron chi connectivity index (χ3n) is 8.19. The number of benzene rings is 1. The van der Waals surface area contributed by atoms with E-state index in [1.54, 1.807) is 12.1 Å². The first-order valence-corrected chi connectivity index (χ1v) is 12.6. The van der Waals surface area contributed by atoms with E-state index in [0.29, 0.717) is 16.2 Å². The van der Waals surface area contributed by atoms with E-state index >= 15 is 0 Å². The van der Waals surface area contributed by atoms with E-state index in [9.17, 15) is 34.8 Å². The standard InChI is InChI=1S/C27H28ClNO7/c28-17(12-4-2-1-3-5-12)10-13-6-7-18(30)21-16(13)9-14-8-15-11-19(31)22(26(29)35)25(34)27(15,36)24(33)20(14)23(21)32/h4,6-7,10,14-15,19,22,30-31,33,36H,1-3,5,8-9,11H2,(H2,29,35)/b17-10-/t14-,15+,19?,22?,27+/m1/s1. The third-order valence-corrected chi connectivity index (χ3v) is 8.54. The second-order valence-corrected chi connectivity index (χ2v) is 10.6. The Balaban J connectivity index is 1.61. The second-order valence-electron chi connectivity index (χ2n) is 10.2. The fourth-order valence-corrected chi connectivity index (χ4v) is 6.66. The van der Waals surface area contributed by atoms with Crippen LogP contribution in [0, 0.1) is 17.8 Å². The van der Waals surface area contributed by atoms with E-state index in [2.05, 4.69) is 6.08 Å². The number of halogens is 1. The molecular weight excluding hydrogens is 486 g/mol. The number of primary amides is 1. The molecule has 36 heavy (non-hydrogen) atoms. The van der Waals surface area contributed by atoms with E-state index in [4.69, 9.17) is 17.3 Å². The molecule has 1 saturated carbocycles. The predicted molar refractivity (Wildman–Crippen MR) is 131 cm³/mol. The van der Waals surface area contributed by atoms with Crippen molar-refractivity contribution in [3.05, 3.63) is 56.8 Å². The van der Waals surface area contributed by atoms with Crippen molar-refractivity contribution in [1.29, 1.82) is 0 Å². The number of fused-ring (bicyclic) bond motifs is 3. The number of ketones is 2. The number of hydrogen-bond donors (Lipinski definition) is 5. The van der Waals surface area contributed by atoms with Gasteiger partial charge < -0.3 is 26.2 Å². The first-order chi connectivity index (χ1) is 17.1. The van der Waals surface area contributed by atoms with Crippen LogP contribution in [0.4, 0.5) is 0 Å². The van der Waals surface area contributed by atoms with Gasteiger partial charge in [0, 0.05) is 16.5 Å². The Kier molecular flexibility index (Phi) is 6.09. The summed E-state index contributed by atoms with van der Waals surface area (Å²) < 4.78 is 0. The summed E-state index contributed by atoms with van der Waals surface area (Å²) in [6, 6.07) is 3.07. The van der Waals surface area contributed by atoms with E-state index in [-0.39, 0.29) is 36.1 Å². The molecule has 0 aliphatic heterocycles. The molecule has 0 bridgehead atoms. The topological polar surface area (TPSA) is 158 Å². The molecule has 6 N–H and O–H groups in total. The van der Waals surface area contributed by atoms with Gasteiger partial charge in [0.05, 0.1) is 11.7 Å². The lowest BCUT2D eigenvalue weighted by molar-refractivity contribution is -0.167. The Hall–Kier alpha value is -2.94. The van der Waals surface area contributed by atoms with Crippen LogP contribution in [-0.4, -0.2) is 49.6 Å². The zero-order chi connectivity index (χ0) is 25.9. The lowest BCUT2D eigenvalue weighted by Gasteiger charge is -2.48. The summed E-state index contributed by atoms with van der Waals surface area (Å²) in [5, 5.41) is 44.0. The van der Waals surface area contributed by atoms with Gasteiger partial charge in [0.25, 0.3) is 0 Å². The van der Waals surface area contributed by atoms with Crippen LogP contribution in [-0.2, 0) is 16.0 Å². The molecule has 1 fully saturated rings. The molecule has 9 heteroatoms. The highest BCUT2D eigenvalue weighted by Gasteiger charge is 2.62. The molecule has 8 nitrogen and oxygen atoms in total. The van der Waals surface area contributed by atoms with Crippen molar-refractivity contribution in [2.24, 2.45) is 23.5 Å². The van der Waals surface area contributed by atoms with E-state index in [1.165, 1.54) is 6.07 Å². The van der Waals surface area contributed by atoms with Crippen LogP contribution in [0.25, 0.3) is 6.08 Å². The Labute approximate surface area is 212 Å². The average Bonchev–Trinajstić information content (AvgIpc) is 2.83. The molecule has 1 aromatic rings. The Morgan fingerprint density at radius 2 is 1.92 bits per heavy atom. The molecule has 190 valence electrons. The number of hydrogen-bond acceptors (Lipinski definition) is 7. The molecule has 2 unspecified atom stereocenters. The van der Waals surface area contributed by atoms with E-state index < -0.39 is 52.7 Å². The number of aliphatic hydroxyl groups excluding tert-OH is 2. The molecule has 1 aromatic carbocycles. The van der Waals surface area contributed by atoms with Crippen molar-refractivity contribution in [2.75, 3.05) is 0 Å². The minimum absolute atomic E-state index is 0.0135. The lowest BCUT2D eigenvalue weighted by Crippen LogP contribution is -2.63. The molecular formula is C27H28ClNO7. The van der Waals surface area contributed by atoms with Crippen LogP contribution >= 0.6 is 11.6 Å². The first kappa shape index (κ1) is 24.7. The maximum absolute atomic E-state index is 13.6. The van der Waals surface area contributed by atoms with Crippen LogP contribution in [0.2, 0.25) is 0 Å². The largest absolute Gasteiger partial charge is 0.508 e. The van der Waals surface area contributed by atoms with Gasteiger partial charge in [-0.15, -0.1) is 0 Å². The number of carbonyl (C=O) groups excluding carboxylic acids is 3. The number of phenols is 1. The number of nitrogens with two attached hydrogens (primary N) is 1. The lowest BCUT2D eigenvalue weighted by atomic mass is 9.57. The fourth-order valence-electron chi connectivity index (χ4n) is 6.37. The van der Waals surface area contributed by atoms with Gasteiger partial charge in [-0.1, -0.05) is 23.7 Å². The molecule has 5 atom stereocenters. The fraction of sp³-hybridized carbons (Fsp3) is 0.444. The average molecular weight is 514 g/mol. The van der Waals surface area contributed by atoms with Crippen molar-refractivity contribution in [3.63, 3.8) is 0 Å². The number of allylic oxidation sites excluding steroid dienone is 4. The third kappa shape index (κ3) is 3.62. The van der Waals surface area contributed by atoms with Crippen LogP contribution in [0.1, 0.15) is 60.0 Å². The molecule has 0 saturated heterocycles. The van der Waals surface area contributed by atoms with Gasteiger partial charge in [-0.25, -0.2) is 0 Å². The Morgan fingerprint density at radius 3 is 2.58 bits per heavy atom. The monoisotopic (exact) mass is 513 g/mol. The minimum Gasteiger partial charge on any atom is -0.508 e. The van der Waals surface area contributed by atoms with Gasteiger partial charge in [-0.05, 0) is 79.7 Å². The molecule has 0 spiro atoms. The van der Waals surface area contributed by atoms with Gasteiger partial charge in [0.2, 0.25) is 5.91 Å². The normalized spacial score (nSPS) is 32.4. The molecule has 0 heterocycles.